The number of ether oxygens (including phenoxy) is 1. The fraction of sp³-hybridized carbons (Fsp3) is 0.176. The van der Waals surface area contributed by atoms with Gasteiger partial charge in [0.05, 0.1) is 7.11 Å². The van der Waals surface area contributed by atoms with E-state index in [2.05, 4.69) is 10.1 Å². The van der Waals surface area contributed by atoms with Crippen molar-refractivity contribution in [3.63, 3.8) is 0 Å². The second kappa shape index (κ2) is 6.30. The number of esters is 1. The van der Waals surface area contributed by atoms with Crippen LogP contribution in [-0.4, -0.2) is 24.1 Å². The Morgan fingerprint density at radius 1 is 1.05 bits per heavy atom. The Hall–Kier alpha value is -2.82. The Morgan fingerprint density at radius 2 is 1.77 bits per heavy atom. The van der Waals surface area contributed by atoms with E-state index in [9.17, 15) is 14.7 Å². The van der Waals surface area contributed by atoms with Crippen molar-refractivity contribution in [3.8, 4) is 5.75 Å². The minimum absolute atomic E-state index is 0.000358. The number of phenols is 1. The smallest absolute Gasteiger partial charge is 0.341 e. The van der Waals surface area contributed by atoms with Gasteiger partial charge in [0.15, 0.2) is 0 Å². The van der Waals surface area contributed by atoms with E-state index in [-0.39, 0.29) is 17.2 Å². The van der Waals surface area contributed by atoms with E-state index in [1.807, 2.05) is 19.9 Å². The molecular formula is C17H17NO4. The Bertz CT molecular complexity index is 737. The van der Waals surface area contributed by atoms with Gasteiger partial charge in [-0.1, -0.05) is 6.07 Å². The van der Waals surface area contributed by atoms with Gasteiger partial charge in [-0.2, -0.15) is 0 Å². The monoisotopic (exact) mass is 299 g/mol. The van der Waals surface area contributed by atoms with Crippen molar-refractivity contribution in [2.45, 2.75) is 13.8 Å². The Morgan fingerprint density at radius 3 is 2.41 bits per heavy atom. The number of phenolic OH excluding ortho intramolecular Hbond substituents is 1. The Balaban J connectivity index is 2.24. The summed E-state index contributed by atoms with van der Waals surface area (Å²) < 4.78 is 4.58. The third-order valence-electron chi connectivity index (χ3n) is 3.43. The zero-order valence-electron chi connectivity index (χ0n) is 12.6. The maximum Gasteiger partial charge on any atom is 0.341 e. The van der Waals surface area contributed by atoms with Gasteiger partial charge in [-0.3, -0.25) is 4.79 Å². The van der Waals surface area contributed by atoms with Crippen LogP contribution in [0.25, 0.3) is 0 Å². The van der Waals surface area contributed by atoms with E-state index < -0.39 is 5.97 Å². The van der Waals surface area contributed by atoms with Gasteiger partial charge in [0.25, 0.3) is 5.91 Å². The Kier molecular flexibility index (Phi) is 4.46. The van der Waals surface area contributed by atoms with Gasteiger partial charge < -0.3 is 15.2 Å². The van der Waals surface area contributed by atoms with Gasteiger partial charge in [0, 0.05) is 11.3 Å². The molecule has 1 amide bonds. The van der Waals surface area contributed by atoms with Gasteiger partial charge in [-0.25, -0.2) is 4.79 Å². The molecule has 2 aromatic rings. The van der Waals surface area contributed by atoms with Crippen LogP contribution in [0, 0.1) is 13.8 Å². The van der Waals surface area contributed by atoms with Crippen LogP contribution in [0.3, 0.4) is 0 Å². The van der Waals surface area contributed by atoms with Crippen molar-refractivity contribution in [3.05, 3.63) is 58.7 Å². The SMILES string of the molecule is COC(=O)c1cc(NC(=O)c2ccc(C)c(C)c2)ccc1O. The number of hydrogen-bond donors (Lipinski definition) is 2. The molecule has 0 aliphatic heterocycles. The second-order valence-corrected chi connectivity index (χ2v) is 4.98. The lowest BCUT2D eigenvalue weighted by Gasteiger charge is -2.09. The summed E-state index contributed by atoms with van der Waals surface area (Å²) in [6.45, 7) is 3.90. The van der Waals surface area contributed by atoms with Crippen LogP contribution in [-0.2, 0) is 4.74 Å². The molecule has 2 N–H and O–H groups in total. The van der Waals surface area contributed by atoms with E-state index in [0.717, 1.165) is 11.1 Å². The van der Waals surface area contributed by atoms with Gasteiger partial charge in [-0.05, 0) is 55.3 Å². The number of aryl methyl sites for hydroxylation is 2. The van der Waals surface area contributed by atoms with E-state index in [0.29, 0.717) is 11.3 Å². The molecule has 0 fully saturated rings. The summed E-state index contributed by atoms with van der Waals surface area (Å²) in [7, 11) is 1.22. The summed E-state index contributed by atoms with van der Waals surface area (Å²) in [4.78, 5) is 23.8. The molecule has 5 heteroatoms. The number of amides is 1. The second-order valence-electron chi connectivity index (χ2n) is 4.98. The number of benzene rings is 2. The first-order valence-electron chi connectivity index (χ1n) is 6.72. The van der Waals surface area contributed by atoms with Crippen molar-refractivity contribution in [1.82, 2.24) is 0 Å². The lowest BCUT2D eigenvalue weighted by atomic mass is 10.1. The van der Waals surface area contributed by atoms with E-state index >= 15 is 0 Å². The number of aromatic hydroxyl groups is 1. The van der Waals surface area contributed by atoms with E-state index in [4.69, 9.17) is 0 Å². The fourth-order valence-electron chi connectivity index (χ4n) is 1.97. The molecule has 0 saturated carbocycles. The average molecular weight is 299 g/mol. The predicted molar refractivity (Wildman–Crippen MR) is 83.3 cm³/mol. The molecule has 22 heavy (non-hydrogen) atoms. The minimum atomic E-state index is -0.667. The first-order valence-corrected chi connectivity index (χ1v) is 6.72. The van der Waals surface area contributed by atoms with Crippen molar-refractivity contribution >= 4 is 17.6 Å². The summed E-state index contributed by atoms with van der Waals surface area (Å²) in [5.41, 5.74) is 3.06. The third kappa shape index (κ3) is 3.25. The summed E-state index contributed by atoms with van der Waals surface area (Å²) in [5.74, 6) is -1.15. The maximum absolute atomic E-state index is 12.2. The number of hydrogen-bond acceptors (Lipinski definition) is 4. The first kappa shape index (κ1) is 15.6. The van der Waals surface area contributed by atoms with Crippen LogP contribution in [0.2, 0.25) is 0 Å². The molecule has 0 saturated heterocycles. The van der Waals surface area contributed by atoms with Crippen molar-refractivity contribution in [2.75, 3.05) is 12.4 Å². The zero-order valence-corrected chi connectivity index (χ0v) is 12.6. The molecular weight excluding hydrogens is 282 g/mol. The van der Waals surface area contributed by atoms with Crippen LogP contribution >= 0.6 is 0 Å². The molecule has 114 valence electrons. The van der Waals surface area contributed by atoms with Gasteiger partial charge in [0.2, 0.25) is 0 Å². The molecule has 0 radical (unpaired) electrons. The molecule has 0 bridgehead atoms. The maximum atomic E-state index is 12.2. The first-order chi connectivity index (χ1) is 10.4. The summed E-state index contributed by atoms with van der Waals surface area (Å²) in [6.07, 6.45) is 0. The highest BCUT2D eigenvalue weighted by molar-refractivity contribution is 6.05. The number of anilines is 1. The molecule has 0 unspecified atom stereocenters. The highest BCUT2D eigenvalue weighted by Gasteiger charge is 2.14. The van der Waals surface area contributed by atoms with Crippen LogP contribution in [0.5, 0.6) is 5.75 Å². The molecule has 0 atom stereocenters. The van der Waals surface area contributed by atoms with Gasteiger partial charge in [0.1, 0.15) is 11.3 Å². The summed E-state index contributed by atoms with van der Waals surface area (Å²) in [6, 6.07) is 9.63. The number of carbonyl (C=O) groups excluding carboxylic acids is 2. The van der Waals surface area contributed by atoms with Crippen LogP contribution in [0.15, 0.2) is 36.4 Å². The summed E-state index contributed by atoms with van der Waals surface area (Å²) >= 11 is 0. The van der Waals surface area contributed by atoms with E-state index in [1.54, 1.807) is 12.1 Å². The molecule has 0 aliphatic carbocycles. The highest BCUT2D eigenvalue weighted by Crippen LogP contribution is 2.23. The van der Waals surface area contributed by atoms with Crippen molar-refractivity contribution < 1.29 is 19.4 Å². The summed E-state index contributed by atoms with van der Waals surface area (Å²) in [5, 5.41) is 12.3. The number of methoxy groups -OCH3 is 1. The van der Waals surface area contributed by atoms with Gasteiger partial charge in [-0.15, -0.1) is 0 Å². The van der Waals surface area contributed by atoms with Crippen LogP contribution in [0.1, 0.15) is 31.8 Å². The average Bonchev–Trinajstić information content (AvgIpc) is 2.51. The molecule has 5 nitrogen and oxygen atoms in total. The lowest BCUT2D eigenvalue weighted by molar-refractivity contribution is 0.0597. The normalized spacial score (nSPS) is 10.1. The third-order valence-corrected chi connectivity index (χ3v) is 3.43. The quantitative estimate of drug-likeness (QED) is 0.674. The fourth-order valence-corrected chi connectivity index (χ4v) is 1.97. The Labute approximate surface area is 128 Å². The largest absolute Gasteiger partial charge is 0.507 e. The standard InChI is InChI=1S/C17H17NO4/c1-10-4-5-12(8-11(10)2)16(20)18-13-6-7-15(19)14(9-13)17(21)22-3/h4-9,19H,1-3H3,(H,18,20). The topological polar surface area (TPSA) is 75.6 Å². The molecule has 0 aliphatic rings. The molecule has 2 rings (SSSR count). The highest BCUT2D eigenvalue weighted by atomic mass is 16.5. The number of nitrogens with one attached hydrogen (secondary N) is 1. The molecule has 0 spiro atoms. The van der Waals surface area contributed by atoms with Crippen molar-refractivity contribution in [2.24, 2.45) is 0 Å². The molecule has 0 aromatic heterocycles. The minimum Gasteiger partial charge on any atom is -0.507 e. The number of carbonyl (C=O) groups is 2. The molecule has 2 aromatic carbocycles. The van der Waals surface area contributed by atoms with Crippen molar-refractivity contribution in [1.29, 1.82) is 0 Å². The van der Waals surface area contributed by atoms with E-state index in [1.165, 1.54) is 25.3 Å². The lowest BCUT2D eigenvalue weighted by Crippen LogP contribution is -2.13. The predicted octanol–water partition coefficient (Wildman–Crippen LogP) is 3.05. The zero-order chi connectivity index (χ0) is 16.3. The van der Waals surface area contributed by atoms with Crippen LogP contribution < -0.4 is 5.32 Å². The van der Waals surface area contributed by atoms with Crippen LogP contribution in [0.4, 0.5) is 5.69 Å². The molecule has 0 heterocycles. The number of rotatable bonds is 3. The van der Waals surface area contributed by atoms with Gasteiger partial charge >= 0.3 is 5.97 Å².